The summed E-state index contributed by atoms with van der Waals surface area (Å²) in [5.74, 6) is -2.71. The first-order valence-corrected chi connectivity index (χ1v) is 10.4. The number of aromatic amines is 1. The number of rotatable bonds is 5. The van der Waals surface area contributed by atoms with E-state index in [1.807, 2.05) is 28.8 Å². The molecule has 1 saturated heterocycles. The second kappa shape index (κ2) is 10.6. The molecular weight excluding hydrogens is 460 g/mol. The highest BCUT2D eigenvalue weighted by Crippen LogP contribution is 2.11. The number of nitrogens with zero attached hydrogens (tertiary/aromatic N) is 1. The molecule has 0 saturated carbocycles. The number of quaternary nitrogens is 1. The number of hydrogen-bond acceptors (Lipinski definition) is 4. The van der Waals surface area contributed by atoms with Crippen LogP contribution in [0.1, 0.15) is 28.3 Å². The first-order valence-electron chi connectivity index (χ1n) is 10.4. The van der Waals surface area contributed by atoms with Gasteiger partial charge in [-0.1, -0.05) is 24.3 Å². The largest absolute Gasteiger partial charge is 0.542 e. The number of likely N-dealkylation sites (tertiary alicyclic amines) is 1. The number of carbonyl (C=O) groups is 2. The molecule has 3 heterocycles. The van der Waals surface area contributed by atoms with Gasteiger partial charge in [-0.15, -0.1) is 0 Å². The van der Waals surface area contributed by atoms with Crippen molar-refractivity contribution in [1.82, 2.24) is 10.3 Å². The fourth-order valence-corrected chi connectivity index (χ4v) is 3.66. The number of carboxylic acid groups (broad SMARTS) is 1. The molecule has 4 N–H and O–H groups in total. The molecule has 1 fully saturated rings. The van der Waals surface area contributed by atoms with E-state index in [0.29, 0.717) is 24.3 Å². The molecule has 182 valence electrons. The second-order valence-electron chi connectivity index (χ2n) is 7.79. The minimum absolute atomic E-state index is 0.127. The number of pyridine rings is 1. The molecular formula is C22H23F4N4O4+. The quantitative estimate of drug-likeness (QED) is 0.283. The molecule has 2 unspecified atom stereocenters. The molecule has 0 aliphatic carbocycles. The highest BCUT2D eigenvalue weighted by atomic mass is 19.4. The lowest BCUT2D eigenvalue weighted by atomic mass is 10.2. The highest BCUT2D eigenvalue weighted by Gasteiger charge is 2.30. The van der Waals surface area contributed by atoms with Gasteiger partial charge in [0.1, 0.15) is 24.4 Å². The lowest BCUT2D eigenvalue weighted by Gasteiger charge is -2.08. The number of aliphatic carboxylic acids is 1. The van der Waals surface area contributed by atoms with Gasteiger partial charge < -0.3 is 25.2 Å². The molecule has 2 atom stereocenters. The normalized spacial score (nSPS) is 17.8. The van der Waals surface area contributed by atoms with Crippen molar-refractivity contribution in [3.63, 3.8) is 0 Å². The lowest BCUT2D eigenvalue weighted by Crippen LogP contribution is -3.09. The number of fused-ring (bicyclic) bond motifs is 1. The van der Waals surface area contributed by atoms with Gasteiger partial charge in [0.15, 0.2) is 12.1 Å². The van der Waals surface area contributed by atoms with Crippen LogP contribution >= 0.6 is 0 Å². The average Bonchev–Trinajstić information content (AvgIpc) is 3.36. The number of hydrogen-bond donors (Lipinski definition) is 4. The van der Waals surface area contributed by atoms with Crippen LogP contribution in [0, 0.1) is 5.82 Å². The number of aliphatic hydroxyl groups excluding tert-OH is 1. The average molecular weight is 483 g/mol. The van der Waals surface area contributed by atoms with Crippen LogP contribution in [0.2, 0.25) is 0 Å². The SMILES string of the molecule is O=C(NCc1ccccc1F)c1[nH]c(C[NH+]2CCC(O)C2)[n+]2ccccc12.O=C([O-])C(F)(F)F. The number of imidazole rings is 1. The monoisotopic (exact) mass is 483 g/mol. The Morgan fingerprint density at radius 2 is 1.88 bits per heavy atom. The van der Waals surface area contributed by atoms with Crippen LogP contribution in [0.4, 0.5) is 17.6 Å². The lowest BCUT2D eigenvalue weighted by molar-refractivity contribution is -0.908. The predicted molar refractivity (Wildman–Crippen MR) is 108 cm³/mol. The Bertz CT molecular complexity index is 1170. The third-order valence-electron chi connectivity index (χ3n) is 5.30. The van der Waals surface area contributed by atoms with Crippen molar-refractivity contribution in [1.29, 1.82) is 0 Å². The molecule has 0 spiro atoms. The predicted octanol–water partition coefficient (Wildman–Crippen LogP) is -0.729. The van der Waals surface area contributed by atoms with E-state index in [-0.39, 0.29) is 24.4 Å². The van der Waals surface area contributed by atoms with Crippen molar-refractivity contribution in [2.45, 2.75) is 31.8 Å². The molecule has 1 aromatic carbocycles. The summed E-state index contributed by atoms with van der Waals surface area (Å²) in [5.41, 5.74) is 1.68. The number of aromatic nitrogens is 2. The van der Waals surface area contributed by atoms with Gasteiger partial charge >= 0.3 is 12.0 Å². The summed E-state index contributed by atoms with van der Waals surface area (Å²) in [6, 6.07) is 12.1. The Morgan fingerprint density at radius 3 is 2.50 bits per heavy atom. The number of amides is 1. The van der Waals surface area contributed by atoms with Crippen molar-refractivity contribution in [3.05, 3.63) is 71.6 Å². The molecule has 0 radical (unpaired) electrons. The van der Waals surface area contributed by atoms with Crippen molar-refractivity contribution >= 4 is 17.4 Å². The van der Waals surface area contributed by atoms with Crippen molar-refractivity contribution in [2.24, 2.45) is 0 Å². The van der Waals surface area contributed by atoms with Gasteiger partial charge in [-0.3, -0.25) is 4.79 Å². The summed E-state index contributed by atoms with van der Waals surface area (Å²) >= 11 is 0. The van der Waals surface area contributed by atoms with Crippen molar-refractivity contribution < 1.29 is 46.7 Å². The standard InChI is InChI=1S/C20H21FN4O2.C2HF3O2/c21-16-6-2-1-5-14(16)11-22-20(27)19-17-7-3-4-9-25(17)18(23-19)13-24-10-8-15(26)12-24;3-2(4,5)1(6)7/h1-7,9,15,26H,8,10-13H2,(H,22,27);(H,6,7)/p+1. The summed E-state index contributed by atoms with van der Waals surface area (Å²) in [6.45, 7) is 2.44. The van der Waals surface area contributed by atoms with E-state index in [1.54, 1.807) is 18.2 Å². The Balaban J connectivity index is 0.000000406. The van der Waals surface area contributed by atoms with Crippen LogP contribution in [0.5, 0.6) is 0 Å². The third-order valence-corrected chi connectivity index (χ3v) is 5.30. The number of H-pyrrole nitrogens is 1. The first kappa shape index (κ1) is 25.1. The molecule has 3 aromatic rings. The van der Waals surface area contributed by atoms with Gasteiger partial charge in [-0.2, -0.15) is 17.6 Å². The van der Waals surface area contributed by atoms with Crippen LogP contribution in [-0.2, 0) is 17.9 Å². The summed E-state index contributed by atoms with van der Waals surface area (Å²) in [5, 5.41) is 21.3. The van der Waals surface area contributed by atoms with Gasteiger partial charge in [0.2, 0.25) is 5.69 Å². The zero-order valence-corrected chi connectivity index (χ0v) is 17.9. The van der Waals surface area contributed by atoms with Crippen LogP contribution in [0.15, 0.2) is 48.7 Å². The molecule has 4 rings (SSSR count). The minimum Gasteiger partial charge on any atom is -0.542 e. The maximum Gasteiger partial charge on any atom is 0.430 e. The first-order chi connectivity index (χ1) is 16.1. The van der Waals surface area contributed by atoms with E-state index in [2.05, 4.69) is 10.3 Å². The topological polar surface area (TPSA) is 114 Å². The summed E-state index contributed by atoms with van der Waals surface area (Å²) < 4.78 is 47.3. The summed E-state index contributed by atoms with van der Waals surface area (Å²) in [4.78, 5) is 26.0. The van der Waals surface area contributed by atoms with Crippen molar-refractivity contribution in [3.8, 4) is 0 Å². The molecule has 12 heteroatoms. The summed E-state index contributed by atoms with van der Waals surface area (Å²) in [7, 11) is 0. The Kier molecular flexibility index (Phi) is 7.84. The van der Waals surface area contributed by atoms with E-state index in [0.717, 1.165) is 24.3 Å². The number of carboxylic acids is 1. The second-order valence-corrected chi connectivity index (χ2v) is 7.79. The number of aliphatic hydroxyl groups is 1. The molecule has 1 aliphatic heterocycles. The van der Waals surface area contributed by atoms with E-state index in [4.69, 9.17) is 9.90 Å². The van der Waals surface area contributed by atoms with E-state index < -0.39 is 12.1 Å². The molecule has 8 nitrogen and oxygen atoms in total. The molecule has 2 aromatic heterocycles. The Morgan fingerprint density at radius 1 is 1.21 bits per heavy atom. The fourth-order valence-electron chi connectivity index (χ4n) is 3.66. The van der Waals surface area contributed by atoms with E-state index >= 15 is 0 Å². The van der Waals surface area contributed by atoms with Gasteiger partial charge in [0.25, 0.3) is 5.91 Å². The van der Waals surface area contributed by atoms with E-state index in [1.165, 1.54) is 11.0 Å². The fraction of sp³-hybridized carbons (Fsp3) is 0.318. The van der Waals surface area contributed by atoms with Crippen molar-refractivity contribution in [2.75, 3.05) is 13.1 Å². The van der Waals surface area contributed by atoms with Crippen LogP contribution in [0.3, 0.4) is 0 Å². The van der Waals surface area contributed by atoms with Crippen LogP contribution in [-0.4, -0.2) is 47.3 Å². The van der Waals surface area contributed by atoms with Gasteiger partial charge in [0, 0.05) is 18.5 Å². The Hall–Kier alpha value is -3.51. The molecule has 34 heavy (non-hydrogen) atoms. The van der Waals surface area contributed by atoms with Crippen LogP contribution in [0.25, 0.3) is 5.52 Å². The highest BCUT2D eigenvalue weighted by molar-refractivity contribution is 5.97. The number of carbonyl (C=O) groups excluding carboxylic acids is 2. The summed E-state index contributed by atoms with van der Waals surface area (Å²) in [6.07, 6.45) is -2.73. The van der Waals surface area contributed by atoms with Gasteiger partial charge in [-0.25, -0.2) is 9.37 Å². The molecule has 1 amide bonds. The molecule has 1 aliphatic rings. The number of alkyl halides is 3. The minimum atomic E-state index is -5.19. The zero-order valence-electron chi connectivity index (χ0n) is 17.9. The number of nitrogens with one attached hydrogen (secondary N) is 3. The maximum absolute atomic E-state index is 13.8. The smallest absolute Gasteiger partial charge is 0.430 e. The third kappa shape index (κ3) is 6.29. The maximum atomic E-state index is 13.8. The van der Waals surface area contributed by atoms with Gasteiger partial charge in [-0.05, 0) is 18.2 Å². The molecule has 0 bridgehead atoms. The van der Waals surface area contributed by atoms with E-state index in [9.17, 15) is 27.5 Å². The number of benzene rings is 1. The Labute approximate surface area is 191 Å². The number of halogens is 4. The zero-order chi connectivity index (χ0) is 24.9. The van der Waals surface area contributed by atoms with Gasteiger partial charge in [0.05, 0.1) is 12.7 Å². The van der Waals surface area contributed by atoms with Crippen LogP contribution < -0.4 is 19.7 Å².